The van der Waals surface area contributed by atoms with Crippen molar-refractivity contribution in [2.75, 3.05) is 6.54 Å². The molecule has 26 heavy (non-hydrogen) atoms. The summed E-state index contributed by atoms with van der Waals surface area (Å²) in [5.74, 6) is 1.08. The molecule has 2 heterocycles. The van der Waals surface area contributed by atoms with Gasteiger partial charge in [0.15, 0.2) is 5.82 Å². The van der Waals surface area contributed by atoms with E-state index in [1.165, 1.54) is 11.3 Å². The molecule has 6 nitrogen and oxygen atoms in total. The van der Waals surface area contributed by atoms with Gasteiger partial charge in [0.2, 0.25) is 5.89 Å². The number of nitrogens with zero attached hydrogens (tertiary/aromatic N) is 3. The predicted octanol–water partition coefficient (Wildman–Crippen LogP) is 3.77. The van der Waals surface area contributed by atoms with Gasteiger partial charge < -0.3 is 9.84 Å². The van der Waals surface area contributed by atoms with E-state index in [1.54, 1.807) is 0 Å². The molecule has 1 aromatic carbocycles. The fourth-order valence-corrected chi connectivity index (χ4v) is 3.33. The SMILES string of the molecule is Cc1nc(-c2ccccc2)sc1C(=O)NCCc1noc(C(C)(C)C)n1. The van der Waals surface area contributed by atoms with Gasteiger partial charge in [-0.2, -0.15) is 4.98 Å². The van der Waals surface area contributed by atoms with E-state index < -0.39 is 0 Å². The zero-order valence-corrected chi connectivity index (χ0v) is 16.2. The highest BCUT2D eigenvalue weighted by Crippen LogP contribution is 2.27. The summed E-state index contributed by atoms with van der Waals surface area (Å²) >= 11 is 1.40. The summed E-state index contributed by atoms with van der Waals surface area (Å²) in [5, 5.41) is 7.73. The Balaban J connectivity index is 1.60. The zero-order chi connectivity index (χ0) is 18.7. The molecule has 0 aliphatic heterocycles. The number of aromatic nitrogens is 3. The summed E-state index contributed by atoms with van der Waals surface area (Å²) in [6.07, 6.45) is 0.523. The summed E-state index contributed by atoms with van der Waals surface area (Å²) in [5.41, 5.74) is 1.57. The van der Waals surface area contributed by atoms with Crippen LogP contribution in [-0.4, -0.2) is 27.6 Å². The summed E-state index contributed by atoms with van der Waals surface area (Å²) in [7, 11) is 0. The quantitative estimate of drug-likeness (QED) is 0.739. The van der Waals surface area contributed by atoms with E-state index in [4.69, 9.17) is 4.52 Å². The van der Waals surface area contributed by atoms with Gasteiger partial charge in [-0.25, -0.2) is 4.98 Å². The third-order valence-corrected chi connectivity index (χ3v) is 4.97. The number of hydrogen-bond donors (Lipinski definition) is 1. The van der Waals surface area contributed by atoms with Crippen molar-refractivity contribution in [1.29, 1.82) is 0 Å². The molecule has 0 fully saturated rings. The molecule has 1 N–H and O–H groups in total. The third-order valence-electron chi connectivity index (χ3n) is 3.77. The van der Waals surface area contributed by atoms with E-state index in [9.17, 15) is 4.79 Å². The van der Waals surface area contributed by atoms with Gasteiger partial charge in [-0.15, -0.1) is 11.3 Å². The van der Waals surface area contributed by atoms with Crippen molar-refractivity contribution in [2.24, 2.45) is 0 Å². The van der Waals surface area contributed by atoms with Crippen molar-refractivity contribution in [3.8, 4) is 10.6 Å². The fraction of sp³-hybridized carbons (Fsp3) is 0.368. The van der Waals surface area contributed by atoms with Gasteiger partial charge in [-0.05, 0) is 6.92 Å². The lowest BCUT2D eigenvalue weighted by Crippen LogP contribution is -2.25. The van der Waals surface area contributed by atoms with Gasteiger partial charge >= 0.3 is 0 Å². The summed E-state index contributed by atoms with van der Waals surface area (Å²) in [6.45, 7) is 8.35. The Bertz CT molecular complexity index is 894. The number of amides is 1. The number of carbonyl (C=O) groups is 1. The zero-order valence-electron chi connectivity index (χ0n) is 15.4. The number of carbonyl (C=O) groups excluding carboxylic acids is 1. The minimum Gasteiger partial charge on any atom is -0.351 e. The van der Waals surface area contributed by atoms with Crippen LogP contribution in [0.15, 0.2) is 34.9 Å². The highest BCUT2D eigenvalue weighted by molar-refractivity contribution is 7.17. The van der Waals surface area contributed by atoms with Crippen molar-refractivity contribution < 1.29 is 9.32 Å². The van der Waals surface area contributed by atoms with Crippen LogP contribution >= 0.6 is 11.3 Å². The number of rotatable bonds is 5. The highest BCUT2D eigenvalue weighted by atomic mass is 32.1. The standard InChI is InChI=1S/C19H22N4O2S/c1-12-15(26-17(21-12)13-8-6-5-7-9-13)16(24)20-11-10-14-22-18(25-23-14)19(2,3)4/h5-9H,10-11H2,1-4H3,(H,20,24). The molecular weight excluding hydrogens is 348 g/mol. The Morgan fingerprint density at radius 1 is 1.19 bits per heavy atom. The maximum atomic E-state index is 12.5. The van der Waals surface area contributed by atoms with Crippen LogP contribution in [0.3, 0.4) is 0 Å². The Morgan fingerprint density at radius 2 is 1.92 bits per heavy atom. The second kappa shape index (κ2) is 7.37. The van der Waals surface area contributed by atoms with Crippen LogP contribution in [0.4, 0.5) is 0 Å². The van der Waals surface area contributed by atoms with Crippen molar-refractivity contribution in [3.05, 3.63) is 52.6 Å². The summed E-state index contributed by atoms with van der Waals surface area (Å²) < 4.78 is 5.26. The molecule has 0 bridgehead atoms. The summed E-state index contributed by atoms with van der Waals surface area (Å²) in [4.78, 5) is 22.0. The lowest BCUT2D eigenvalue weighted by atomic mass is 9.97. The number of benzene rings is 1. The monoisotopic (exact) mass is 370 g/mol. The second-order valence-corrected chi connectivity index (χ2v) is 8.07. The minimum absolute atomic E-state index is 0.123. The van der Waals surface area contributed by atoms with Crippen LogP contribution in [0.5, 0.6) is 0 Å². The molecule has 0 saturated carbocycles. The van der Waals surface area contributed by atoms with Crippen LogP contribution in [0.25, 0.3) is 10.6 Å². The first-order valence-electron chi connectivity index (χ1n) is 8.48. The number of thiazole rings is 1. The maximum absolute atomic E-state index is 12.5. The molecule has 0 aliphatic carbocycles. The Hall–Kier alpha value is -2.54. The molecule has 7 heteroatoms. The molecule has 136 valence electrons. The average Bonchev–Trinajstić information content (AvgIpc) is 3.22. The highest BCUT2D eigenvalue weighted by Gasteiger charge is 2.22. The lowest BCUT2D eigenvalue weighted by molar-refractivity contribution is 0.0957. The average molecular weight is 370 g/mol. The molecule has 0 radical (unpaired) electrons. The first-order valence-corrected chi connectivity index (χ1v) is 9.30. The van der Waals surface area contributed by atoms with Gasteiger partial charge in [0.1, 0.15) is 9.88 Å². The van der Waals surface area contributed by atoms with Crippen LogP contribution in [-0.2, 0) is 11.8 Å². The lowest BCUT2D eigenvalue weighted by Gasteiger charge is -2.10. The molecule has 0 unspecified atom stereocenters. The number of nitrogens with one attached hydrogen (secondary N) is 1. The topological polar surface area (TPSA) is 80.9 Å². The van der Waals surface area contributed by atoms with Crippen molar-refractivity contribution in [3.63, 3.8) is 0 Å². The molecule has 3 aromatic rings. The Labute approximate surface area is 156 Å². The smallest absolute Gasteiger partial charge is 0.263 e. The molecule has 0 aliphatic rings. The van der Waals surface area contributed by atoms with E-state index in [0.29, 0.717) is 29.6 Å². The molecule has 0 atom stereocenters. The van der Waals surface area contributed by atoms with Crippen molar-refractivity contribution in [1.82, 2.24) is 20.4 Å². The molecule has 2 aromatic heterocycles. The molecule has 3 rings (SSSR count). The Kier molecular flexibility index (Phi) is 5.18. The number of aryl methyl sites for hydroxylation is 1. The second-order valence-electron chi connectivity index (χ2n) is 7.07. The van der Waals surface area contributed by atoms with Crippen LogP contribution < -0.4 is 5.32 Å². The minimum atomic E-state index is -0.178. The molecule has 0 spiro atoms. The molecule has 0 saturated heterocycles. The molecular formula is C19H22N4O2S. The van der Waals surface area contributed by atoms with E-state index in [2.05, 4.69) is 20.4 Å². The van der Waals surface area contributed by atoms with Gasteiger partial charge in [-0.1, -0.05) is 56.3 Å². The van der Waals surface area contributed by atoms with Crippen molar-refractivity contribution >= 4 is 17.2 Å². The van der Waals surface area contributed by atoms with Gasteiger partial charge in [0, 0.05) is 23.9 Å². The van der Waals surface area contributed by atoms with E-state index in [-0.39, 0.29) is 11.3 Å². The largest absolute Gasteiger partial charge is 0.351 e. The fourth-order valence-electron chi connectivity index (χ4n) is 2.34. The van der Waals surface area contributed by atoms with Gasteiger partial charge in [0.25, 0.3) is 5.91 Å². The van der Waals surface area contributed by atoms with Gasteiger partial charge in [0.05, 0.1) is 5.69 Å². The summed E-state index contributed by atoms with van der Waals surface area (Å²) in [6, 6.07) is 9.86. The third kappa shape index (κ3) is 4.16. The van der Waals surface area contributed by atoms with Crippen LogP contribution in [0, 0.1) is 6.92 Å². The number of hydrogen-bond acceptors (Lipinski definition) is 6. The van der Waals surface area contributed by atoms with Crippen LogP contribution in [0.1, 0.15) is 47.9 Å². The van der Waals surface area contributed by atoms with Crippen molar-refractivity contribution in [2.45, 2.75) is 39.5 Å². The predicted molar refractivity (Wildman–Crippen MR) is 101 cm³/mol. The normalized spacial score (nSPS) is 11.5. The maximum Gasteiger partial charge on any atom is 0.263 e. The van der Waals surface area contributed by atoms with E-state index in [1.807, 2.05) is 58.0 Å². The van der Waals surface area contributed by atoms with Gasteiger partial charge in [-0.3, -0.25) is 4.79 Å². The van der Waals surface area contributed by atoms with Crippen LogP contribution in [0.2, 0.25) is 0 Å². The Morgan fingerprint density at radius 3 is 2.58 bits per heavy atom. The first-order chi connectivity index (χ1) is 12.3. The molecule has 1 amide bonds. The van der Waals surface area contributed by atoms with E-state index in [0.717, 1.165) is 16.3 Å². The first kappa shape index (κ1) is 18.3. The van der Waals surface area contributed by atoms with E-state index >= 15 is 0 Å².